The van der Waals surface area contributed by atoms with Crippen LogP contribution in [0.25, 0.3) is 22.8 Å². The zero-order chi connectivity index (χ0) is 19.6. The van der Waals surface area contributed by atoms with Crippen molar-refractivity contribution in [1.29, 1.82) is 0 Å². The van der Waals surface area contributed by atoms with Crippen molar-refractivity contribution in [3.8, 4) is 22.8 Å². The van der Waals surface area contributed by atoms with Crippen LogP contribution in [0.15, 0.2) is 64.2 Å². The van der Waals surface area contributed by atoms with Crippen LogP contribution >= 0.6 is 0 Å². The van der Waals surface area contributed by atoms with Gasteiger partial charge in [-0.15, -0.1) is 10.2 Å². The number of H-pyrrole nitrogens is 1. The van der Waals surface area contributed by atoms with Gasteiger partial charge in [0, 0.05) is 12.7 Å². The lowest BCUT2D eigenvalue weighted by molar-refractivity contribution is 0.578. The van der Waals surface area contributed by atoms with Gasteiger partial charge in [0.05, 0.1) is 16.7 Å². The Balaban J connectivity index is 1.51. The van der Waals surface area contributed by atoms with Crippen molar-refractivity contribution < 1.29 is 17.2 Å². The third kappa shape index (κ3) is 3.66. The van der Waals surface area contributed by atoms with Crippen LogP contribution in [0.1, 0.15) is 5.56 Å². The van der Waals surface area contributed by atoms with Gasteiger partial charge in [-0.05, 0) is 47.2 Å². The fourth-order valence-electron chi connectivity index (χ4n) is 2.48. The summed E-state index contributed by atoms with van der Waals surface area (Å²) in [6, 6.07) is 10.4. The van der Waals surface area contributed by atoms with Gasteiger partial charge >= 0.3 is 0 Å². The van der Waals surface area contributed by atoms with E-state index in [2.05, 4.69) is 30.3 Å². The largest absolute Gasteiger partial charge is 0.463 e. The molecule has 2 N–H and O–H groups in total. The van der Waals surface area contributed by atoms with Crippen molar-refractivity contribution in [3.05, 3.63) is 66.3 Å². The van der Waals surface area contributed by atoms with Gasteiger partial charge in [0.1, 0.15) is 11.5 Å². The molecule has 0 saturated heterocycles. The fourth-order valence-corrected chi connectivity index (χ4v) is 3.52. The van der Waals surface area contributed by atoms with Crippen LogP contribution in [0, 0.1) is 5.82 Å². The molecule has 0 spiro atoms. The Morgan fingerprint density at radius 3 is 2.75 bits per heavy atom. The molecule has 142 valence electrons. The van der Waals surface area contributed by atoms with Gasteiger partial charge in [-0.3, -0.25) is 4.98 Å². The molecule has 3 aromatic heterocycles. The SMILES string of the molecule is O=S(=O)(NCc1ccc(-c2ccco2)nc1)c1ccc(F)c(-c2nn[nH]n2)c1. The second-order valence-electron chi connectivity index (χ2n) is 5.73. The van der Waals surface area contributed by atoms with Gasteiger partial charge in [0.2, 0.25) is 15.8 Å². The lowest BCUT2D eigenvalue weighted by atomic mass is 10.2. The van der Waals surface area contributed by atoms with E-state index >= 15 is 0 Å². The lowest BCUT2D eigenvalue weighted by Crippen LogP contribution is -2.23. The summed E-state index contributed by atoms with van der Waals surface area (Å²) < 4.78 is 46.8. The maximum absolute atomic E-state index is 14.0. The first-order valence-electron chi connectivity index (χ1n) is 8.05. The average molecular weight is 400 g/mol. The summed E-state index contributed by atoms with van der Waals surface area (Å²) in [5.41, 5.74) is 1.22. The first-order valence-corrected chi connectivity index (χ1v) is 9.53. The minimum atomic E-state index is -3.89. The minimum absolute atomic E-state index is 0.0166. The molecule has 11 heteroatoms. The number of hydrogen-bond acceptors (Lipinski definition) is 7. The van der Waals surface area contributed by atoms with Gasteiger partial charge in [-0.2, -0.15) is 5.21 Å². The number of tetrazole rings is 1. The monoisotopic (exact) mass is 400 g/mol. The van der Waals surface area contributed by atoms with Crippen LogP contribution < -0.4 is 4.72 Å². The van der Waals surface area contributed by atoms with Crippen molar-refractivity contribution in [1.82, 2.24) is 30.3 Å². The molecule has 0 radical (unpaired) electrons. The molecule has 3 heterocycles. The minimum Gasteiger partial charge on any atom is -0.463 e. The molecule has 0 fully saturated rings. The topological polar surface area (TPSA) is 127 Å². The fraction of sp³-hybridized carbons (Fsp3) is 0.0588. The molecule has 28 heavy (non-hydrogen) atoms. The van der Waals surface area contributed by atoms with Crippen molar-refractivity contribution in [2.45, 2.75) is 11.4 Å². The number of halogens is 1. The van der Waals surface area contributed by atoms with Crippen molar-refractivity contribution in [2.24, 2.45) is 0 Å². The summed E-state index contributed by atoms with van der Waals surface area (Å²) in [6.07, 6.45) is 3.10. The Morgan fingerprint density at radius 1 is 1.18 bits per heavy atom. The molecule has 0 saturated carbocycles. The molecule has 0 unspecified atom stereocenters. The Kier molecular flexibility index (Phi) is 4.67. The van der Waals surface area contributed by atoms with Crippen LogP contribution in [-0.4, -0.2) is 34.0 Å². The highest BCUT2D eigenvalue weighted by molar-refractivity contribution is 7.89. The third-order valence-corrected chi connectivity index (χ3v) is 5.30. The molecular weight excluding hydrogens is 387 g/mol. The summed E-state index contributed by atoms with van der Waals surface area (Å²) in [5.74, 6) is -0.0715. The normalized spacial score (nSPS) is 11.6. The van der Waals surface area contributed by atoms with E-state index < -0.39 is 15.8 Å². The first-order chi connectivity index (χ1) is 13.5. The highest BCUT2D eigenvalue weighted by atomic mass is 32.2. The van der Waals surface area contributed by atoms with E-state index in [0.717, 1.165) is 12.1 Å². The quantitative estimate of drug-likeness (QED) is 0.508. The first kappa shape index (κ1) is 17.9. The highest BCUT2D eigenvalue weighted by Gasteiger charge is 2.18. The van der Waals surface area contributed by atoms with E-state index in [4.69, 9.17) is 4.42 Å². The highest BCUT2D eigenvalue weighted by Crippen LogP contribution is 2.22. The number of aromatic nitrogens is 5. The third-order valence-electron chi connectivity index (χ3n) is 3.90. The Morgan fingerprint density at radius 2 is 2.07 bits per heavy atom. The summed E-state index contributed by atoms with van der Waals surface area (Å²) in [5, 5.41) is 12.9. The summed E-state index contributed by atoms with van der Waals surface area (Å²) in [7, 11) is -3.89. The Bertz CT molecular complexity index is 1180. The second kappa shape index (κ2) is 7.29. The molecule has 0 aliphatic rings. The number of rotatable bonds is 6. The van der Waals surface area contributed by atoms with E-state index in [1.54, 1.807) is 36.7 Å². The number of furan rings is 1. The summed E-state index contributed by atoms with van der Waals surface area (Å²) in [6.45, 7) is 0.0166. The van der Waals surface area contributed by atoms with E-state index in [9.17, 15) is 12.8 Å². The number of sulfonamides is 1. The second-order valence-corrected chi connectivity index (χ2v) is 7.50. The zero-order valence-corrected chi connectivity index (χ0v) is 15.0. The van der Waals surface area contributed by atoms with E-state index in [0.29, 0.717) is 17.0 Å². The molecule has 4 rings (SSSR count). The number of benzene rings is 1. The van der Waals surface area contributed by atoms with Crippen LogP contribution in [0.3, 0.4) is 0 Å². The van der Waals surface area contributed by atoms with Crippen molar-refractivity contribution in [2.75, 3.05) is 0 Å². The molecule has 0 aliphatic carbocycles. The van der Waals surface area contributed by atoms with Gasteiger partial charge in [-0.25, -0.2) is 17.5 Å². The predicted molar refractivity (Wildman–Crippen MR) is 95.5 cm³/mol. The van der Waals surface area contributed by atoms with E-state index in [1.165, 1.54) is 6.07 Å². The average Bonchev–Trinajstić information content (AvgIpc) is 3.41. The van der Waals surface area contributed by atoms with Gasteiger partial charge in [-0.1, -0.05) is 6.07 Å². The molecule has 0 amide bonds. The molecule has 0 bridgehead atoms. The summed E-state index contributed by atoms with van der Waals surface area (Å²) in [4.78, 5) is 4.13. The number of aromatic amines is 1. The summed E-state index contributed by atoms with van der Waals surface area (Å²) >= 11 is 0. The zero-order valence-electron chi connectivity index (χ0n) is 14.2. The van der Waals surface area contributed by atoms with E-state index in [1.807, 2.05) is 0 Å². The van der Waals surface area contributed by atoms with Crippen LogP contribution in [0.4, 0.5) is 4.39 Å². The number of hydrogen-bond donors (Lipinski definition) is 2. The smallest absolute Gasteiger partial charge is 0.240 e. The number of nitrogens with one attached hydrogen (secondary N) is 2. The van der Waals surface area contributed by atoms with E-state index in [-0.39, 0.29) is 22.8 Å². The molecule has 0 atom stereocenters. The molecule has 4 aromatic rings. The Hall–Kier alpha value is -3.44. The Labute approximate surface area is 158 Å². The maximum Gasteiger partial charge on any atom is 0.240 e. The maximum atomic E-state index is 14.0. The van der Waals surface area contributed by atoms with Crippen molar-refractivity contribution >= 4 is 10.0 Å². The van der Waals surface area contributed by atoms with Gasteiger partial charge in [0.15, 0.2) is 5.76 Å². The standard InChI is InChI=1S/C17H13FN6O3S/c18-14-5-4-12(8-13(14)17-21-23-24-22-17)28(25,26)20-10-11-3-6-15(19-9-11)16-2-1-7-27-16/h1-9,20H,10H2,(H,21,22,23,24). The lowest BCUT2D eigenvalue weighted by Gasteiger charge is -2.08. The predicted octanol–water partition coefficient (Wildman–Crippen LogP) is 2.14. The van der Waals surface area contributed by atoms with Crippen molar-refractivity contribution in [3.63, 3.8) is 0 Å². The molecule has 1 aromatic carbocycles. The molecular formula is C17H13FN6O3S. The van der Waals surface area contributed by atoms with Gasteiger partial charge in [0.25, 0.3) is 0 Å². The van der Waals surface area contributed by atoms with Crippen LogP contribution in [-0.2, 0) is 16.6 Å². The number of pyridine rings is 1. The molecule has 9 nitrogen and oxygen atoms in total. The number of nitrogens with zero attached hydrogens (tertiary/aromatic N) is 4. The molecule has 0 aliphatic heterocycles. The van der Waals surface area contributed by atoms with Crippen LogP contribution in [0.5, 0.6) is 0 Å². The van der Waals surface area contributed by atoms with Crippen LogP contribution in [0.2, 0.25) is 0 Å². The van der Waals surface area contributed by atoms with Gasteiger partial charge < -0.3 is 4.42 Å².